The van der Waals surface area contributed by atoms with Crippen molar-refractivity contribution in [2.45, 2.75) is 25.8 Å². The highest BCUT2D eigenvalue weighted by atomic mass is 19.1. The van der Waals surface area contributed by atoms with E-state index in [9.17, 15) is 14.5 Å². The van der Waals surface area contributed by atoms with E-state index >= 15 is 0 Å². The number of hydrogen-bond acceptors (Lipinski definition) is 3. The fourth-order valence-corrected chi connectivity index (χ4v) is 1.25. The number of benzene rings is 1. The average Bonchev–Trinajstić information content (AvgIpc) is 2.16. The predicted molar refractivity (Wildman–Crippen MR) is 55.0 cm³/mol. The Balaban J connectivity index is 2.85. The van der Waals surface area contributed by atoms with Crippen LogP contribution >= 0.6 is 0 Å². The summed E-state index contributed by atoms with van der Waals surface area (Å²) < 4.78 is 13.2. The minimum atomic E-state index is -0.533. The first-order valence-corrected chi connectivity index (χ1v) is 4.69. The van der Waals surface area contributed by atoms with Gasteiger partial charge in [0.15, 0.2) is 0 Å². The summed E-state index contributed by atoms with van der Waals surface area (Å²) in [6.07, 6.45) is 1.03. The van der Waals surface area contributed by atoms with E-state index in [-0.39, 0.29) is 11.7 Å². The lowest BCUT2D eigenvalue weighted by Crippen LogP contribution is -2.15. The molecule has 0 bridgehead atoms. The quantitative estimate of drug-likeness (QED) is 0.613. The smallest absolute Gasteiger partial charge is 0.269 e. The summed E-state index contributed by atoms with van der Waals surface area (Å²) in [6.45, 7) is 1.81. The standard InChI is InChI=1S/C10H13FN2O2/c1-7(12)2-3-8-6-9(13(14)15)4-5-10(8)11/h4-7H,2-3,12H2,1H3. The third kappa shape index (κ3) is 3.28. The normalized spacial score (nSPS) is 12.5. The Morgan fingerprint density at radius 2 is 2.27 bits per heavy atom. The molecule has 0 aliphatic carbocycles. The summed E-state index contributed by atoms with van der Waals surface area (Å²) >= 11 is 0. The van der Waals surface area contributed by atoms with Gasteiger partial charge in [0.1, 0.15) is 5.82 Å². The molecule has 4 nitrogen and oxygen atoms in total. The van der Waals surface area contributed by atoms with Crippen LogP contribution in [-0.4, -0.2) is 11.0 Å². The molecule has 1 aromatic carbocycles. The predicted octanol–water partition coefficient (Wildman–Crippen LogP) is 2.01. The van der Waals surface area contributed by atoms with Crippen molar-refractivity contribution < 1.29 is 9.31 Å². The van der Waals surface area contributed by atoms with Gasteiger partial charge >= 0.3 is 0 Å². The Hall–Kier alpha value is -1.49. The Bertz CT molecular complexity index is 366. The van der Waals surface area contributed by atoms with Gasteiger partial charge in [0, 0.05) is 18.2 Å². The Morgan fingerprint density at radius 3 is 2.80 bits per heavy atom. The van der Waals surface area contributed by atoms with E-state index in [0.717, 1.165) is 12.1 Å². The number of aryl methyl sites for hydroxylation is 1. The summed E-state index contributed by atoms with van der Waals surface area (Å²) in [6, 6.07) is 3.50. The molecular formula is C10H13FN2O2. The second-order valence-corrected chi connectivity index (χ2v) is 3.55. The third-order valence-electron chi connectivity index (χ3n) is 2.11. The molecule has 1 rings (SSSR count). The number of nitrogens with two attached hydrogens (primary N) is 1. The SMILES string of the molecule is CC(N)CCc1cc([N+](=O)[O-])ccc1F. The Labute approximate surface area is 87.0 Å². The molecule has 0 amide bonds. The molecule has 0 saturated heterocycles. The van der Waals surface area contributed by atoms with E-state index in [0.29, 0.717) is 18.4 Å². The Kier molecular flexibility index (Phi) is 3.74. The molecule has 0 aliphatic rings. The van der Waals surface area contributed by atoms with E-state index in [1.165, 1.54) is 6.07 Å². The molecule has 0 fully saturated rings. The number of non-ortho nitro benzene ring substituents is 1. The van der Waals surface area contributed by atoms with Crippen LogP contribution < -0.4 is 5.73 Å². The number of hydrogen-bond donors (Lipinski definition) is 1. The van der Waals surface area contributed by atoms with Crippen molar-refractivity contribution in [2.75, 3.05) is 0 Å². The largest absolute Gasteiger partial charge is 0.328 e. The zero-order valence-corrected chi connectivity index (χ0v) is 8.44. The van der Waals surface area contributed by atoms with Gasteiger partial charge in [-0.3, -0.25) is 10.1 Å². The van der Waals surface area contributed by atoms with E-state index in [1.54, 1.807) is 0 Å². The number of rotatable bonds is 4. The first kappa shape index (κ1) is 11.6. The maximum Gasteiger partial charge on any atom is 0.269 e. The first-order chi connectivity index (χ1) is 7.00. The highest BCUT2D eigenvalue weighted by Crippen LogP contribution is 2.18. The third-order valence-corrected chi connectivity index (χ3v) is 2.11. The van der Waals surface area contributed by atoms with Gasteiger partial charge in [-0.1, -0.05) is 0 Å². The van der Waals surface area contributed by atoms with E-state index in [2.05, 4.69) is 0 Å². The van der Waals surface area contributed by atoms with Crippen molar-refractivity contribution >= 4 is 5.69 Å². The number of halogens is 1. The summed E-state index contributed by atoms with van der Waals surface area (Å²) in [4.78, 5) is 9.93. The molecule has 0 heterocycles. The van der Waals surface area contributed by atoms with Crippen molar-refractivity contribution in [2.24, 2.45) is 5.73 Å². The van der Waals surface area contributed by atoms with E-state index in [1.807, 2.05) is 6.92 Å². The molecule has 82 valence electrons. The molecular weight excluding hydrogens is 199 g/mol. The van der Waals surface area contributed by atoms with Gasteiger partial charge in [0.05, 0.1) is 4.92 Å². The monoisotopic (exact) mass is 212 g/mol. The topological polar surface area (TPSA) is 69.2 Å². The lowest BCUT2D eigenvalue weighted by molar-refractivity contribution is -0.385. The van der Waals surface area contributed by atoms with E-state index < -0.39 is 10.7 Å². The van der Waals surface area contributed by atoms with Crippen LogP contribution in [0.25, 0.3) is 0 Å². The van der Waals surface area contributed by atoms with Crippen LogP contribution in [0.5, 0.6) is 0 Å². The number of nitro benzene ring substituents is 1. The van der Waals surface area contributed by atoms with Crippen LogP contribution in [0.1, 0.15) is 18.9 Å². The number of nitro groups is 1. The summed E-state index contributed by atoms with van der Waals surface area (Å²) in [5, 5.41) is 10.5. The Morgan fingerprint density at radius 1 is 1.60 bits per heavy atom. The van der Waals surface area contributed by atoms with Crippen molar-refractivity contribution in [1.29, 1.82) is 0 Å². The summed E-state index contributed by atoms with van der Waals surface area (Å²) in [5.74, 6) is -0.416. The first-order valence-electron chi connectivity index (χ1n) is 4.69. The van der Waals surface area contributed by atoms with Gasteiger partial charge in [0.2, 0.25) is 0 Å². The molecule has 5 heteroatoms. The lowest BCUT2D eigenvalue weighted by atomic mass is 10.1. The summed E-state index contributed by atoms with van der Waals surface area (Å²) in [5.41, 5.74) is 5.79. The maximum atomic E-state index is 13.2. The van der Waals surface area contributed by atoms with Crippen molar-refractivity contribution in [3.63, 3.8) is 0 Å². The number of nitrogens with zero attached hydrogens (tertiary/aromatic N) is 1. The fourth-order valence-electron chi connectivity index (χ4n) is 1.25. The highest BCUT2D eigenvalue weighted by Gasteiger charge is 2.10. The lowest BCUT2D eigenvalue weighted by Gasteiger charge is -2.05. The van der Waals surface area contributed by atoms with Crippen LogP contribution in [-0.2, 0) is 6.42 Å². The van der Waals surface area contributed by atoms with E-state index in [4.69, 9.17) is 5.73 Å². The molecule has 1 aromatic rings. The summed E-state index contributed by atoms with van der Waals surface area (Å²) in [7, 11) is 0. The van der Waals surface area contributed by atoms with Gasteiger partial charge in [-0.15, -0.1) is 0 Å². The highest BCUT2D eigenvalue weighted by molar-refractivity contribution is 5.35. The molecule has 0 spiro atoms. The molecule has 15 heavy (non-hydrogen) atoms. The van der Waals surface area contributed by atoms with Gasteiger partial charge in [-0.25, -0.2) is 4.39 Å². The van der Waals surface area contributed by atoms with Gasteiger partial charge in [0.25, 0.3) is 5.69 Å². The zero-order chi connectivity index (χ0) is 11.4. The maximum absolute atomic E-state index is 13.2. The van der Waals surface area contributed by atoms with Crippen molar-refractivity contribution in [1.82, 2.24) is 0 Å². The van der Waals surface area contributed by atoms with Crippen LogP contribution in [0.15, 0.2) is 18.2 Å². The van der Waals surface area contributed by atoms with Crippen molar-refractivity contribution in [3.05, 3.63) is 39.7 Å². The van der Waals surface area contributed by atoms with Gasteiger partial charge in [-0.05, 0) is 31.4 Å². The zero-order valence-electron chi connectivity index (χ0n) is 8.44. The van der Waals surface area contributed by atoms with Crippen LogP contribution in [0.3, 0.4) is 0 Å². The van der Waals surface area contributed by atoms with Gasteiger partial charge < -0.3 is 5.73 Å². The van der Waals surface area contributed by atoms with Crippen LogP contribution in [0, 0.1) is 15.9 Å². The van der Waals surface area contributed by atoms with Crippen LogP contribution in [0.4, 0.5) is 10.1 Å². The second kappa shape index (κ2) is 4.84. The van der Waals surface area contributed by atoms with Crippen molar-refractivity contribution in [3.8, 4) is 0 Å². The molecule has 0 saturated carbocycles. The molecule has 0 aromatic heterocycles. The second-order valence-electron chi connectivity index (χ2n) is 3.55. The van der Waals surface area contributed by atoms with Crippen LogP contribution in [0.2, 0.25) is 0 Å². The minimum Gasteiger partial charge on any atom is -0.328 e. The molecule has 0 aliphatic heterocycles. The molecule has 2 N–H and O–H groups in total. The van der Waals surface area contributed by atoms with Gasteiger partial charge in [-0.2, -0.15) is 0 Å². The molecule has 1 unspecified atom stereocenters. The molecule has 0 radical (unpaired) electrons. The molecule has 1 atom stereocenters. The minimum absolute atomic E-state index is 0.0383. The fraction of sp³-hybridized carbons (Fsp3) is 0.400. The average molecular weight is 212 g/mol.